The maximum atomic E-state index is 13.9. The number of halogens is 1. The van der Waals surface area contributed by atoms with Gasteiger partial charge in [-0.2, -0.15) is 0 Å². The molecule has 2 rings (SSSR count). The molecule has 0 bridgehead atoms. The first-order chi connectivity index (χ1) is 10.1. The largest absolute Gasteiger partial charge is 0.419 e. The smallest absolute Gasteiger partial charge is 0.272 e. The summed E-state index contributed by atoms with van der Waals surface area (Å²) in [6.07, 6.45) is 0.748. The van der Waals surface area contributed by atoms with Gasteiger partial charge in [-0.15, -0.1) is 10.2 Å². The molecule has 21 heavy (non-hydrogen) atoms. The summed E-state index contributed by atoms with van der Waals surface area (Å²) >= 11 is 0. The number of aromatic nitrogens is 2. The molecule has 1 heterocycles. The number of nitrogens with one attached hydrogen (secondary N) is 1. The molecule has 1 aromatic heterocycles. The van der Waals surface area contributed by atoms with Crippen LogP contribution in [0.3, 0.4) is 0 Å². The zero-order valence-electron chi connectivity index (χ0n) is 11.7. The predicted molar refractivity (Wildman–Crippen MR) is 73.1 cm³/mol. The molecule has 0 saturated carbocycles. The number of nitrogens with zero attached hydrogens (tertiary/aromatic N) is 3. The molecule has 1 aromatic carbocycles. The van der Waals surface area contributed by atoms with Gasteiger partial charge in [0.25, 0.3) is 11.6 Å². The molecule has 1 atom stereocenters. The van der Waals surface area contributed by atoms with Crippen LogP contribution in [-0.4, -0.2) is 21.7 Å². The van der Waals surface area contributed by atoms with Crippen LogP contribution in [-0.2, 0) is 0 Å². The van der Waals surface area contributed by atoms with Gasteiger partial charge in [-0.1, -0.05) is 13.8 Å². The molecular weight excluding hydrogens is 279 g/mol. The van der Waals surface area contributed by atoms with Crippen molar-refractivity contribution in [3.8, 4) is 11.5 Å². The van der Waals surface area contributed by atoms with Crippen molar-refractivity contribution < 1.29 is 13.7 Å². The van der Waals surface area contributed by atoms with Crippen molar-refractivity contribution in [1.29, 1.82) is 0 Å². The number of hydrogen-bond acceptors (Lipinski definition) is 6. The van der Waals surface area contributed by atoms with E-state index in [2.05, 4.69) is 15.5 Å². The summed E-state index contributed by atoms with van der Waals surface area (Å²) in [4.78, 5) is 9.92. The van der Waals surface area contributed by atoms with E-state index < -0.39 is 10.7 Å². The lowest BCUT2D eigenvalue weighted by molar-refractivity contribution is -0.385. The number of non-ortho nitro benzene ring substituents is 1. The van der Waals surface area contributed by atoms with E-state index in [-0.39, 0.29) is 23.2 Å². The van der Waals surface area contributed by atoms with Crippen molar-refractivity contribution >= 4 is 5.69 Å². The first-order valence-corrected chi connectivity index (χ1v) is 6.57. The lowest BCUT2D eigenvalue weighted by atomic mass is 10.2. The Morgan fingerprint density at radius 2 is 2.19 bits per heavy atom. The fourth-order valence-electron chi connectivity index (χ4n) is 1.93. The average molecular weight is 294 g/mol. The van der Waals surface area contributed by atoms with Gasteiger partial charge < -0.3 is 9.73 Å². The Kier molecular flexibility index (Phi) is 4.59. The van der Waals surface area contributed by atoms with Gasteiger partial charge in [0.15, 0.2) is 0 Å². The summed E-state index contributed by atoms with van der Waals surface area (Å²) in [6, 6.07) is 3.20. The van der Waals surface area contributed by atoms with E-state index in [0.717, 1.165) is 19.0 Å². The van der Waals surface area contributed by atoms with E-state index in [1.807, 2.05) is 13.8 Å². The van der Waals surface area contributed by atoms with Crippen LogP contribution < -0.4 is 5.32 Å². The van der Waals surface area contributed by atoms with E-state index in [0.29, 0.717) is 5.89 Å². The number of hydrogen-bond donors (Lipinski definition) is 1. The molecule has 1 N–H and O–H groups in total. The Morgan fingerprint density at radius 1 is 1.43 bits per heavy atom. The third-order valence-electron chi connectivity index (χ3n) is 2.99. The van der Waals surface area contributed by atoms with Gasteiger partial charge >= 0.3 is 0 Å². The van der Waals surface area contributed by atoms with Crippen LogP contribution >= 0.6 is 0 Å². The summed E-state index contributed by atoms with van der Waals surface area (Å²) in [5.41, 5.74) is -0.277. The highest BCUT2D eigenvalue weighted by atomic mass is 19.1. The number of nitro groups is 1. The zero-order valence-corrected chi connectivity index (χ0v) is 11.7. The summed E-state index contributed by atoms with van der Waals surface area (Å²) in [5.74, 6) is -0.392. The van der Waals surface area contributed by atoms with Gasteiger partial charge in [0.2, 0.25) is 5.89 Å². The molecule has 0 fully saturated rings. The van der Waals surface area contributed by atoms with Crippen molar-refractivity contribution in [2.75, 3.05) is 6.54 Å². The summed E-state index contributed by atoms with van der Waals surface area (Å²) in [5, 5.41) is 21.5. The molecule has 1 unspecified atom stereocenters. The van der Waals surface area contributed by atoms with Crippen molar-refractivity contribution in [2.24, 2.45) is 0 Å². The minimum absolute atomic E-state index is 0.00810. The highest BCUT2D eigenvalue weighted by molar-refractivity contribution is 5.56. The highest BCUT2D eigenvalue weighted by Crippen LogP contribution is 2.27. The van der Waals surface area contributed by atoms with Gasteiger partial charge in [0.05, 0.1) is 22.6 Å². The molecular formula is C13H15FN4O3. The second-order valence-electron chi connectivity index (χ2n) is 4.39. The quantitative estimate of drug-likeness (QED) is 0.650. The highest BCUT2D eigenvalue weighted by Gasteiger charge is 2.20. The van der Waals surface area contributed by atoms with E-state index in [4.69, 9.17) is 4.42 Å². The lowest BCUT2D eigenvalue weighted by Crippen LogP contribution is -2.20. The third-order valence-corrected chi connectivity index (χ3v) is 2.99. The normalized spacial score (nSPS) is 12.3. The molecule has 0 saturated heterocycles. The molecule has 8 heteroatoms. The Morgan fingerprint density at radius 3 is 2.76 bits per heavy atom. The van der Waals surface area contributed by atoms with Gasteiger partial charge in [-0.25, -0.2) is 4.39 Å². The summed E-state index contributed by atoms with van der Waals surface area (Å²) < 4.78 is 19.4. The molecule has 0 radical (unpaired) electrons. The zero-order chi connectivity index (χ0) is 15.4. The second kappa shape index (κ2) is 6.40. The third kappa shape index (κ3) is 3.22. The minimum Gasteiger partial charge on any atom is -0.419 e. The maximum Gasteiger partial charge on any atom is 0.272 e. The molecule has 112 valence electrons. The van der Waals surface area contributed by atoms with Crippen molar-refractivity contribution in [3.63, 3.8) is 0 Å². The molecule has 2 aromatic rings. The number of rotatable bonds is 6. The van der Waals surface area contributed by atoms with Crippen LogP contribution in [0.15, 0.2) is 22.6 Å². The first-order valence-electron chi connectivity index (χ1n) is 6.57. The van der Waals surface area contributed by atoms with E-state index in [9.17, 15) is 14.5 Å². The monoisotopic (exact) mass is 294 g/mol. The van der Waals surface area contributed by atoms with E-state index in [1.165, 1.54) is 12.1 Å². The molecule has 7 nitrogen and oxygen atoms in total. The molecule has 0 aliphatic rings. The summed E-state index contributed by atoms with van der Waals surface area (Å²) in [6.45, 7) is 4.65. The van der Waals surface area contributed by atoms with Gasteiger partial charge in [0.1, 0.15) is 5.82 Å². The van der Waals surface area contributed by atoms with Crippen LogP contribution in [0, 0.1) is 15.9 Å². The number of nitro benzene ring substituents is 1. The molecule has 0 aliphatic heterocycles. The van der Waals surface area contributed by atoms with Crippen LogP contribution in [0.4, 0.5) is 10.1 Å². The average Bonchev–Trinajstić information content (AvgIpc) is 2.93. The topological polar surface area (TPSA) is 94.1 Å². The molecule has 0 spiro atoms. The van der Waals surface area contributed by atoms with Crippen LogP contribution in [0.25, 0.3) is 11.5 Å². The van der Waals surface area contributed by atoms with Crippen molar-refractivity contribution in [3.05, 3.63) is 40.0 Å². The van der Waals surface area contributed by atoms with E-state index >= 15 is 0 Å². The van der Waals surface area contributed by atoms with Crippen LogP contribution in [0.2, 0.25) is 0 Å². The Labute approximate surface area is 120 Å². The lowest BCUT2D eigenvalue weighted by Gasteiger charge is -2.10. The van der Waals surface area contributed by atoms with Crippen molar-refractivity contribution in [2.45, 2.75) is 26.3 Å². The van der Waals surface area contributed by atoms with E-state index in [1.54, 1.807) is 0 Å². The molecule has 0 aliphatic carbocycles. The Hall–Kier alpha value is -2.35. The number of benzene rings is 1. The minimum atomic E-state index is -0.768. The van der Waals surface area contributed by atoms with Gasteiger partial charge in [-0.3, -0.25) is 10.1 Å². The van der Waals surface area contributed by atoms with Crippen molar-refractivity contribution in [1.82, 2.24) is 15.5 Å². The maximum absolute atomic E-state index is 13.9. The van der Waals surface area contributed by atoms with Crippen LogP contribution in [0.5, 0.6) is 0 Å². The second-order valence-corrected chi connectivity index (χ2v) is 4.39. The SMILES string of the molecule is CCNC(CC)c1nnc(-c2ccc([N+](=O)[O-])cc2F)o1. The Balaban J connectivity index is 2.31. The summed E-state index contributed by atoms with van der Waals surface area (Å²) in [7, 11) is 0. The predicted octanol–water partition coefficient (Wildman–Crippen LogP) is 2.84. The fraction of sp³-hybridized carbons (Fsp3) is 0.385. The fourth-order valence-corrected chi connectivity index (χ4v) is 1.93. The Bertz CT molecular complexity index is 644. The standard InChI is InChI=1S/C13H15FN4O3/c1-3-11(15-4-2)13-17-16-12(21-13)9-6-5-8(18(19)20)7-10(9)14/h5-7,11,15H,3-4H2,1-2H3. The van der Waals surface area contributed by atoms with Gasteiger partial charge in [-0.05, 0) is 19.0 Å². The van der Waals surface area contributed by atoms with Crippen LogP contribution in [0.1, 0.15) is 32.2 Å². The van der Waals surface area contributed by atoms with Gasteiger partial charge in [0, 0.05) is 6.07 Å². The first kappa shape index (κ1) is 15.0. The molecule has 0 amide bonds.